The van der Waals surface area contributed by atoms with Crippen LogP contribution in [0.3, 0.4) is 0 Å². The summed E-state index contributed by atoms with van der Waals surface area (Å²) in [6.07, 6.45) is 19.0. The highest BCUT2D eigenvalue weighted by Gasteiger charge is 2.19. The molecule has 0 unspecified atom stereocenters. The summed E-state index contributed by atoms with van der Waals surface area (Å²) < 4.78 is 34.3. The van der Waals surface area contributed by atoms with Crippen molar-refractivity contribution in [1.82, 2.24) is 0 Å². The zero-order valence-electron chi connectivity index (χ0n) is 39.6. The van der Waals surface area contributed by atoms with Crippen molar-refractivity contribution >= 4 is 17.9 Å². The Morgan fingerprint density at radius 3 is 1.26 bits per heavy atom. The van der Waals surface area contributed by atoms with Gasteiger partial charge in [0, 0.05) is 0 Å². The van der Waals surface area contributed by atoms with Crippen LogP contribution >= 0.6 is 0 Å². The standard InChI is InChI=1S/C59H64O9/c1-4-6-8-10-12-13-14-16-18-41-65-52-33-24-44(25-34-52)46-26-35-53(36-27-46)66-57(60)48-20-19-21-49(42-48)59(62)68-55-39-30-50(43-56(55)63-3)58(61)67-54-37-28-47(29-38-54)45-22-31-51(32-23-45)64-40-17-15-11-9-7-5-2/h4,19-39,42-43H,1,5-18,40-41H2,2-3H3. The molecule has 0 fully saturated rings. The predicted molar refractivity (Wildman–Crippen MR) is 270 cm³/mol. The van der Waals surface area contributed by atoms with E-state index in [9.17, 15) is 14.4 Å². The van der Waals surface area contributed by atoms with Crippen LogP contribution in [0.4, 0.5) is 0 Å². The summed E-state index contributed by atoms with van der Waals surface area (Å²) in [5.41, 5.74) is 4.43. The van der Waals surface area contributed by atoms with Crippen molar-refractivity contribution in [3.8, 4) is 56.8 Å². The van der Waals surface area contributed by atoms with Crippen LogP contribution in [0.2, 0.25) is 0 Å². The first-order valence-corrected chi connectivity index (χ1v) is 24.1. The molecule has 9 nitrogen and oxygen atoms in total. The predicted octanol–water partition coefficient (Wildman–Crippen LogP) is 15.1. The van der Waals surface area contributed by atoms with E-state index in [4.69, 9.17) is 28.4 Å². The molecule has 0 saturated carbocycles. The zero-order chi connectivity index (χ0) is 47.8. The molecular formula is C59H64O9. The Kier molecular flexibility index (Phi) is 20.3. The smallest absolute Gasteiger partial charge is 0.343 e. The second kappa shape index (κ2) is 27.5. The topological polar surface area (TPSA) is 107 Å². The molecule has 0 bridgehead atoms. The summed E-state index contributed by atoms with van der Waals surface area (Å²) in [6.45, 7) is 7.42. The van der Waals surface area contributed by atoms with Crippen LogP contribution in [0.1, 0.15) is 128 Å². The first-order valence-electron chi connectivity index (χ1n) is 24.1. The molecule has 6 rings (SSSR count). The quantitative estimate of drug-likeness (QED) is 0.0206. The van der Waals surface area contributed by atoms with Gasteiger partial charge in [0.05, 0.1) is 37.0 Å². The van der Waals surface area contributed by atoms with E-state index in [-0.39, 0.29) is 28.2 Å². The van der Waals surface area contributed by atoms with Gasteiger partial charge in [0.25, 0.3) is 0 Å². The van der Waals surface area contributed by atoms with Crippen molar-refractivity contribution in [1.29, 1.82) is 0 Å². The van der Waals surface area contributed by atoms with Crippen LogP contribution in [0.5, 0.6) is 34.5 Å². The summed E-state index contributed by atoms with van der Waals surface area (Å²) >= 11 is 0. The largest absolute Gasteiger partial charge is 0.494 e. The molecule has 0 aliphatic carbocycles. The van der Waals surface area contributed by atoms with Crippen molar-refractivity contribution in [3.05, 3.63) is 169 Å². The molecule has 0 spiro atoms. The summed E-state index contributed by atoms with van der Waals surface area (Å²) in [7, 11) is 1.40. The number of esters is 3. The maximum absolute atomic E-state index is 13.3. The number of carbonyl (C=O) groups excluding carboxylic acids is 3. The van der Waals surface area contributed by atoms with E-state index in [2.05, 4.69) is 13.5 Å². The van der Waals surface area contributed by atoms with Crippen molar-refractivity contribution in [2.75, 3.05) is 20.3 Å². The van der Waals surface area contributed by atoms with E-state index >= 15 is 0 Å². The van der Waals surface area contributed by atoms with Crippen molar-refractivity contribution in [2.45, 2.75) is 96.8 Å². The molecule has 0 N–H and O–H groups in total. The number of allylic oxidation sites excluding steroid dienone is 1. The molecule has 354 valence electrons. The Morgan fingerprint density at radius 2 is 0.824 bits per heavy atom. The molecule has 0 heterocycles. The molecule has 0 aromatic heterocycles. The van der Waals surface area contributed by atoms with Gasteiger partial charge in [-0.25, -0.2) is 14.4 Å². The number of benzene rings is 6. The second-order valence-electron chi connectivity index (χ2n) is 16.7. The molecule has 0 atom stereocenters. The van der Waals surface area contributed by atoms with Crippen LogP contribution in [0, 0.1) is 0 Å². The zero-order valence-corrected chi connectivity index (χ0v) is 39.6. The number of rotatable bonds is 28. The van der Waals surface area contributed by atoms with Crippen LogP contribution in [-0.4, -0.2) is 38.2 Å². The third-order valence-corrected chi connectivity index (χ3v) is 11.5. The number of ether oxygens (including phenoxy) is 6. The van der Waals surface area contributed by atoms with Gasteiger partial charge in [0.15, 0.2) is 11.5 Å². The first-order chi connectivity index (χ1) is 33.3. The van der Waals surface area contributed by atoms with Gasteiger partial charge >= 0.3 is 17.9 Å². The molecule has 0 radical (unpaired) electrons. The lowest BCUT2D eigenvalue weighted by Crippen LogP contribution is -2.13. The fourth-order valence-corrected chi connectivity index (χ4v) is 7.60. The van der Waals surface area contributed by atoms with Crippen LogP contribution in [0.15, 0.2) is 152 Å². The molecule has 0 aliphatic heterocycles. The van der Waals surface area contributed by atoms with E-state index in [0.717, 1.165) is 53.0 Å². The highest BCUT2D eigenvalue weighted by Crippen LogP contribution is 2.31. The number of methoxy groups -OCH3 is 1. The van der Waals surface area contributed by atoms with Gasteiger partial charge in [-0.2, -0.15) is 0 Å². The van der Waals surface area contributed by atoms with Gasteiger partial charge < -0.3 is 28.4 Å². The third kappa shape index (κ3) is 16.0. The van der Waals surface area contributed by atoms with Crippen molar-refractivity contribution in [2.24, 2.45) is 0 Å². The minimum Gasteiger partial charge on any atom is -0.494 e. The van der Waals surface area contributed by atoms with Gasteiger partial charge in [-0.05, 0) is 133 Å². The highest BCUT2D eigenvalue weighted by atomic mass is 16.6. The minimum atomic E-state index is -0.731. The average molecular weight is 917 g/mol. The lowest BCUT2D eigenvalue weighted by Gasteiger charge is -2.12. The molecule has 68 heavy (non-hydrogen) atoms. The molecular weight excluding hydrogens is 853 g/mol. The molecule has 6 aromatic rings. The molecule has 0 aliphatic rings. The summed E-state index contributed by atoms with van der Waals surface area (Å²) in [6, 6.07) is 40.8. The van der Waals surface area contributed by atoms with Gasteiger partial charge in [-0.15, -0.1) is 6.58 Å². The second-order valence-corrected chi connectivity index (χ2v) is 16.7. The maximum atomic E-state index is 13.3. The molecule has 9 heteroatoms. The normalized spacial score (nSPS) is 10.8. The van der Waals surface area contributed by atoms with Crippen LogP contribution in [0.25, 0.3) is 22.3 Å². The number of hydrogen-bond donors (Lipinski definition) is 0. The Labute approximate surface area is 402 Å². The molecule has 0 amide bonds. The monoisotopic (exact) mass is 916 g/mol. The van der Waals surface area contributed by atoms with Crippen molar-refractivity contribution < 1.29 is 42.8 Å². The summed E-state index contributed by atoms with van der Waals surface area (Å²) in [4.78, 5) is 39.6. The Bertz CT molecular complexity index is 2490. The number of unbranched alkanes of at least 4 members (excludes halogenated alkanes) is 12. The Hall–Kier alpha value is -7.13. The van der Waals surface area contributed by atoms with E-state index < -0.39 is 17.9 Å². The molecule has 6 aromatic carbocycles. The van der Waals surface area contributed by atoms with Crippen LogP contribution in [-0.2, 0) is 0 Å². The Morgan fingerprint density at radius 1 is 0.426 bits per heavy atom. The number of hydrogen-bond acceptors (Lipinski definition) is 9. The molecule has 0 saturated heterocycles. The van der Waals surface area contributed by atoms with Gasteiger partial charge in [-0.3, -0.25) is 0 Å². The SMILES string of the molecule is C=CCCCCCCCCCOc1ccc(-c2ccc(OC(=O)c3cccc(C(=O)Oc4ccc(C(=O)Oc5ccc(-c6ccc(OCCCCCCCC)cc6)cc5)cc4OC)c3)cc2)cc1. The summed E-state index contributed by atoms with van der Waals surface area (Å²) in [5.74, 6) is 0.658. The Balaban J connectivity index is 0.945. The fraction of sp³-hybridized carbons (Fsp3) is 0.305. The van der Waals surface area contributed by atoms with E-state index in [0.29, 0.717) is 24.7 Å². The summed E-state index contributed by atoms with van der Waals surface area (Å²) in [5, 5.41) is 0. The van der Waals surface area contributed by atoms with Gasteiger partial charge in [0.2, 0.25) is 0 Å². The maximum Gasteiger partial charge on any atom is 0.343 e. The van der Waals surface area contributed by atoms with Crippen LogP contribution < -0.4 is 28.4 Å². The number of carbonyl (C=O) groups is 3. The van der Waals surface area contributed by atoms with E-state index in [1.807, 2.05) is 78.9 Å². The lowest BCUT2D eigenvalue weighted by atomic mass is 10.1. The van der Waals surface area contributed by atoms with E-state index in [1.165, 1.54) is 108 Å². The first kappa shape index (κ1) is 50.3. The minimum absolute atomic E-state index is 0.0828. The van der Waals surface area contributed by atoms with E-state index in [1.54, 1.807) is 36.4 Å². The van der Waals surface area contributed by atoms with Gasteiger partial charge in [-0.1, -0.05) is 132 Å². The highest BCUT2D eigenvalue weighted by molar-refractivity contribution is 5.97. The fourth-order valence-electron chi connectivity index (χ4n) is 7.60. The third-order valence-electron chi connectivity index (χ3n) is 11.5. The average Bonchev–Trinajstić information content (AvgIpc) is 3.37. The van der Waals surface area contributed by atoms with Gasteiger partial charge in [0.1, 0.15) is 23.0 Å². The lowest BCUT2D eigenvalue weighted by molar-refractivity contribution is 0.0724. The van der Waals surface area contributed by atoms with Crippen molar-refractivity contribution in [3.63, 3.8) is 0 Å².